The number of pyridine rings is 1. The summed E-state index contributed by atoms with van der Waals surface area (Å²) in [4.78, 5) is 28.4. The van der Waals surface area contributed by atoms with Crippen LogP contribution in [0.15, 0.2) is 64.3 Å². The summed E-state index contributed by atoms with van der Waals surface area (Å²) in [5.41, 5.74) is 1.87. The lowest BCUT2D eigenvalue weighted by Gasteiger charge is -2.18. The van der Waals surface area contributed by atoms with Crippen molar-refractivity contribution in [1.82, 2.24) is 4.57 Å². The Kier molecular flexibility index (Phi) is 6.68. The predicted octanol–water partition coefficient (Wildman–Crippen LogP) is 4.33. The molecule has 4 aromatic rings. The van der Waals surface area contributed by atoms with Crippen molar-refractivity contribution >= 4 is 37.9 Å². The molecular formula is C26H25NO6S2. The Bertz CT molecular complexity index is 1600. The monoisotopic (exact) mass is 511 g/mol. The molecule has 35 heavy (non-hydrogen) atoms. The fourth-order valence-corrected chi connectivity index (χ4v) is 5.64. The third kappa shape index (κ3) is 4.80. The Morgan fingerprint density at radius 3 is 2.34 bits per heavy atom. The molecule has 0 bridgehead atoms. The quantitative estimate of drug-likeness (QED) is 0.387. The molecule has 0 radical (unpaired) electrons. The highest BCUT2D eigenvalue weighted by Gasteiger charge is 2.25. The van der Waals surface area contributed by atoms with Gasteiger partial charge in [-0.3, -0.25) is 9.36 Å². The van der Waals surface area contributed by atoms with Crippen molar-refractivity contribution in [2.75, 3.05) is 13.4 Å². The van der Waals surface area contributed by atoms with Crippen molar-refractivity contribution in [2.45, 2.75) is 31.4 Å². The van der Waals surface area contributed by atoms with Crippen LogP contribution in [0.2, 0.25) is 0 Å². The van der Waals surface area contributed by atoms with Gasteiger partial charge in [-0.2, -0.15) is 0 Å². The number of methoxy groups -OCH3 is 1. The van der Waals surface area contributed by atoms with Crippen LogP contribution in [0.4, 0.5) is 0 Å². The number of hydrogen-bond donors (Lipinski definition) is 1. The lowest BCUT2D eigenvalue weighted by molar-refractivity contribution is 0.0588. The Hall–Kier alpha value is -3.27. The van der Waals surface area contributed by atoms with Gasteiger partial charge < -0.3 is 9.84 Å². The minimum Gasteiger partial charge on any atom is -0.464 e. The third-order valence-electron chi connectivity index (χ3n) is 5.78. The molecule has 182 valence electrons. The average molecular weight is 512 g/mol. The number of aryl methyl sites for hydroxylation is 1. The molecule has 0 aliphatic rings. The normalized spacial score (nSPS) is 12.6. The Balaban J connectivity index is 2.03. The van der Waals surface area contributed by atoms with Crippen LogP contribution in [0, 0.1) is 6.92 Å². The van der Waals surface area contributed by atoms with E-state index in [0.717, 1.165) is 21.6 Å². The highest BCUT2D eigenvalue weighted by atomic mass is 32.2. The van der Waals surface area contributed by atoms with Crippen LogP contribution < -0.4 is 5.56 Å². The Labute approximate surface area is 207 Å². The summed E-state index contributed by atoms with van der Waals surface area (Å²) >= 11 is 1.34. The molecule has 0 spiro atoms. The predicted molar refractivity (Wildman–Crippen MR) is 137 cm³/mol. The van der Waals surface area contributed by atoms with Crippen LogP contribution in [0.3, 0.4) is 0 Å². The maximum Gasteiger partial charge on any atom is 0.355 e. The lowest BCUT2D eigenvalue weighted by atomic mass is 9.99. The third-order valence-corrected chi connectivity index (χ3v) is 8.18. The second-order valence-corrected chi connectivity index (χ2v) is 11.6. The molecule has 2 aromatic carbocycles. The zero-order valence-corrected chi connectivity index (χ0v) is 21.4. The number of rotatable bonds is 6. The van der Waals surface area contributed by atoms with Crippen LogP contribution in [0.1, 0.15) is 39.5 Å². The van der Waals surface area contributed by atoms with E-state index in [2.05, 4.69) is 0 Å². The molecule has 0 saturated heterocycles. The van der Waals surface area contributed by atoms with E-state index in [1.165, 1.54) is 35.1 Å². The molecule has 0 amide bonds. The van der Waals surface area contributed by atoms with E-state index in [-0.39, 0.29) is 22.7 Å². The molecule has 7 nitrogen and oxygen atoms in total. The zero-order chi connectivity index (χ0) is 25.5. The summed E-state index contributed by atoms with van der Waals surface area (Å²) in [7, 11) is -2.11. The number of ether oxygens (including phenoxy) is 1. The van der Waals surface area contributed by atoms with E-state index in [0.29, 0.717) is 21.9 Å². The lowest BCUT2D eigenvalue weighted by Crippen LogP contribution is -2.28. The molecule has 4 rings (SSSR count). The standard InChI is InChI=1S/C26H25NO6S2/c1-15-5-10-19-20(13-15)23(22-12-11-21(34-22)16(2)28)24(26(30)33-3)27(25(19)29)14-17-6-8-18(9-7-17)35(4,31)32/h5-13,16,28H,14H2,1-4H3. The van der Waals surface area contributed by atoms with Crippen molar-refractivity contribution < 1.29 is 23.1 Å². The van der Waals surface area contributed by atoms with E-state index in [9.17, 15) is 23.1 Å². The van der Waals surface area contributed by atoms with Gasteiger partial charge in [0.15, 0.2) is 9.84 Å². The average Bonchev–Trinajstić information content (AvgIpc) is 3.30. The second-order valence-electron chi connectivity index (χ2n) is 8.45. The Morgan fingerprint density at radius 1 is 1.09 bits per heavy atom. The van der Waals surface area contributed by atoms with E-state index < -0.39 is 21.9 Å². The Morgan fingerprint density at radius 2 is 1.77 bits per heavy atom. The number of aliphatic hydroxyl groups is 1. The van der Waals surface area contributed by atoms with E-state index in [1.807, 2.05) is 25.1 Å². The molecule has 1 unspecified atom stereocenters. The minimum atomic E-state index is -3.37. The van der Waals surface area contributed by atoms with E-state index >= 15 is 0 Å². The number of esters is 1. The number of aromatic nitrogens is 1. The molecule has 1 atom stereocenters. The molecule has 0 aliphatic heterocycles. The largest absolute Gasteiger partial charge is 0.464 e. The van der Waals surface area contributed by atoms with Gasteiger partial charge in [0.2, 0.25) is 0 Å². The van der Waals surface area contributed by atoms with Crippen LogP contribution in [0.25, 0.3) is 21.2 Å². The molecule has 9 heteroatoms. The van der Waals surface area contributed by atoms with Crippen LogP contribution >= 0.6 is 11.3 Å². The summed E-state index contributed by atoms with van der Waals surface area (Å²) in [6.45, 7) is 3.62. The second kappa shape index (κ2) is 9.41. The van der Waals surface area contributed by atoms with Gasteiger partial charge in [-0.1, -0.05) is 29.8 Å². The zero-order valence-electron chi connectivity index (χ0n) is 19.7. The summed E-state index contributed by atoms with van der Waals surface area (Å²) in [5, 5.41) is 11.1. The number of aliphatic hydroxyl groups excluding tert-OH is 1. The first kappa shape index (κ1) is 24.8. The number of benzene rings is 2. The molecule has 0 aliphatic carbocycles. The number of fused-ring (bicyclic) bond motifs is 1. The molecule has 0 saturated carbocycles. The summed E-state index contributed by atoms with van der Waals surface area (Å²) in [6, 6.07) is 15.3. The smallest absolute Gasteiger partial charge is 0.355 e. The van der Waals surface area contributed by atoms with E-state index in [1.54, 1.807) is 31.2 Å². The molecule has 2 aromatic heterocycles. The number of nitrogens with zero attached hydrogens (tertiary/aromatic N) is 1. The summed E-state index contributed by atoms with van der Waals surface area (Å²) < 4.78 is 30.1. The van der Waals surface area contributed by atoms with Crippen molar-refractivity contribution in [3.8, 4) is 10.4 Å². The van der Waals surface area contributed by atoms with Gasteiger partial charge >= 0.3 is 5.97 Å². The van der Waals surface area contributed by atoms with Crippen molar-refractivity contribution in [3.05, 3.63) is 86.6 Å². The van der Waals surface area contributed by atoms with Gasteiger partial charge in [-0.05, 0) is 55.1 Å². The van der Waals surface area contributed by atoms with Crippen LogP contribution in [-0.2, 0) is 21.1 Å². The van der Waals surface area contributed by atoms with Crippen molar-refractivity contribution in [3.63, 3.8) is 0 Å². The maximum absolute atomic E-state index is 13.6. The van der Waals surface area contributed by atoms with Crippen LogP contribution in [-0.4, -0.2) is 37.4 Å². The molecule has 2 heterocycles. The van der Waals surface area contributed by atoms with Gasteiger partial charge in [0, 0.05) is 27.0 Å². The van der Waals surface area contributed by atoms with Crippen LogP contribution in [0.5, 0.6) is 0 Å². The maximum atomic E-state index is 13.6. The highest BCUT2D eigenvalue weighted by Crippen LogP contribution is 2.38. The molecule has 0 fully saturated rings. The number of sulfone groups is 1. The van der Waals surface area contributed by atoms with Gasteiger partial charge in [-0.25, -0.2) is 13.2 Å². The van der Waals surface area contributed by atoms with Gasteiger partial charge in [0.05, 0.1) is 24.7 Å². The van der Waals surface area contributed by atoms with E-state index in [4.69, 9.17) is 4.74 Å². The fourth-order valence-electron chi connectivity index (χ4n) is 4.01. The van der Waals surface area contributed by atoms with Crippen molar-refractivity contribution in [1.29, 1.82) is 0 Å². The van der Waals surface area contributed by atoms with Gasteiger partial charge in [-0.15, -0.1) is 11.3 Å². The number of thiophene rings is 1. The first-order valence-electron chi connectivity index (χ1n) is 10.8. The number of carbonyl (C=O) groups is 1. The van der Waals surface area contributed by atoms with Crippen molar-refractivity contribution in [2.24, 2.45) is 0 Å². The SMILES string of the molecule is COC(=O)c1c(-c2ccc(C(C)O)s2)c2cc(C)ccc2c(=O)n1Cc1ccc(S(C)(=O)=O)cc1. The number of carbonyl (C=O) groups excluding carboxylic acids is 1. The summed E-state index contributed by atoms with van der Waals surface area (Å²) in [5.74, 6) is -0.666. The molecule has 1 N–H and O–H groups in total. The van der Waals surface area contributed by atoms with Gasteiger partial charge in [0.1, 0.15) is 5.69 Å². The first-order valence-corrected chi connectivity index (χ1v) is 13.5. The molecular weight excluding hydrogens is 486 g/mol. The number of hydrogen-bond acceptors (Lipinski definition) is 7. The fraction of sp³-hybridized carbons (Fsp3) is 0.231. The minimum absolute atomic E-state index is 0.0404. The first-order chi connectivity index (χ1) is 16.5. The summed E-state index contributed by atoms with van der Waals surface area (Å²) in [6.07, 6.45) is 0.449. The topological polar surface area (TPSA) is 103 Å². The highest BCUT2D eigenvalue weighted by molar-refractivity contribution is 7.90. The van der Waals surface area contributed by atoms with Gasteiger partial charge in [0.25, 0.3) is 5.56 Å².